The Bertz CT molecular complexity index is 325. The standard InChI is InChI=1S/C8H13N3O4/c1-13-4-5(14-2)6-7(8(12)15-3)10-11-9-6/h5H,4H2,1-3H3,(H,9,10,11). The number of nitrogens with zero attached hydrogens (tertiary/aromatic N) is 2. The van der Waals surface area contributed by atoms with E-state index in [0.29, 0.717) is 5.69 Å². The molecule has 84 valence electrons. The Balaban J connectivity index is 2.91. The van der Waals surface area contributed by atoms with Gasteiger partial charge in [-0.05, 0) is 0 Å². The Hall–Kier alpha value is -1.47. The van der Waals surface area contributed by atoms with Crippen molar-refractivity contribution in [3.05, 3.63) is 11.4 Å². The van der Waals surface area contributed by atoms with E-state index in [4.69, 9.17) is 9.47 Å². The van der Waals surface area contributed by atoms with Crippen LogP contribution in [0.25, 0.3) is 0 Å². The molecule has 1 rings (SSSR count). The van der Waals surface area contributed by atoms with Crippen molar-refractivity contribution in [2.45, 2.75) is 6.10 Å². The van der Waals surface area contributed by atoms with Gasteiger partial charge in [-0.15, -0.1) is 5.10 Å². The van der Waals surface area contributed by atoms with Gasteiger partial charge < -0.3 is 14.2 Å². The summed E-state index contributed by atoms with van der Waals surface area (Å²) in [4.78, 5) is 11.3. The van der Waals surface area contributed by atoms with E-state index in [1.807, 2.05) is 0 Å². The van der Waals surface area contributed by atoms with Crippen molar-refractivity contribution in [1.29, 1.82) is 0 Å². The number of carbonyl (C=O) groups is 1. The van der Waals surface area contributed by atoms with Gasteiger partial charge in [0.2, 0.25) is 0 Å². The second kappa shape index (κ2) is 5.42. The highest BCUT2D eigenvalue weighted by Gasteiger charge is 2.24. The van der Waals surface area contributed by atoms with E-state index in [-0.39, 0.29) is 12.3 Å². The van der Waals surface area contributed by atoms with Crippen LogP contribution in [-0.4, -0.2) is 49.3 Å². The Kier molecular flexibility index (Phi) is 4.19. The highest BCUT2D eigenvalue weighted by atomic mass is 16.5. The van der Waals surface area contributed by atoms with Gasteiger partial charge in [0, 0.05) is 14.2 Å². The number of hydrogen-bond donors (Lipinski definition) is 1. The van der Waals surface area contributed by atoms with Crippen LogP contribution in [0.15, 0.2) is 0 Å². The fraction of sp³-hybridized carbons (Fsp3) is 0.625. The number of hydrogen-bond acceptors (Lipinski definition) is 6. The fourth-order valence-electron chi connectivity index (χ4n) is 1.12. The van der Waals surface area contributed by atoms with Crippen LogP contribution < -0.4 is 0 Å². The molecule has 0 saturated carbocycles. The predicted octanol–water partition coefficient (Wildman–Crippen LogP) is -0.0748. The maximum Gasteiger partial charge on any atom is 0.360 e. The molecule has 0 fully saturated rings. The molecule has 0 radical (unpaired) electrons. The van der Waals surface area contributed by atoms with E-state index >= 15 is 0 Å². The number of esters is 1. The van der Waals surface area contributed by atoms with Crippen LogP contribution in [-0.2, 0) is 14.2 Å². The Morgan fingerprint density at radius 2 is 2.13 bits per heavy atom. The third-order valence-corrected chi connectivity index (χ3v) is 1.86. The van der Waals surface area contributed by atoms with E-state index in [1.165, 1.54) is 21.3 Å². The summed E-state index contributed by atoms with van der Waals surface area (Å²) >= 11 is 0. The molecule has 0 saturated heterocycles. The average Bonchev–Trinajstić information content (AvgIpc) is 2.73. The second-order valence-corrected chi connectivity index (χ2v) is 2.73. The summed E-state index contributed by atoms with van der Waals surface area (Å²) in [5.41, 5.74) is 0.493. The summed E-state index contributed by atoms with van der Waals surface area (Å²) in [5.74, 6) is -0.558. The maximum absolute atomic E-state index is 11.3. The number of nitrogens with one attached hydrogen (secondary N) is 1. The van der Waals surface area contributed by atoms with Crippen LogP contribution in [0.4, 0.5) is 0 Å². The number of rotatable bonds is 5. The van der Waals surface area contributed by atoms with E-state index in [2.05, 4.69) is 20.1 Å². The molecular formula is C8H13N3O4. The minimum atomic E-state index is -0.558. The molecule has 1 unspecified atom stereocenters. The molecule has 0 amide bonds. The van der Waals surface area contributed by atoms with Crippen molar-refractivity contribution < 1.29 is 19.0 Å². The zero-order valence-electron chi connectivity index (χ0n) is 8.81. The third kappa shape index (κ3) is 2.51. The molecule has 7 heteroatoms. The quantitative estimate of drug-likeness (QED) is 0.691. The highest BCUT2D eigenvalue weighted by molar-refractivity contribution is 5.88. The predicted molar refractivity (Wildman–Crippen MR) is 49.3 cm³/mol. The van der Waals surface area contributed by atoms with E-state index in [1.54, 1.807) is 0 Å². The molecule has 0 bridgehead atoms. The SMILES string of the molecule is COCC(OC)c1n[nH]nc1C(=O)OC. The van der Waals surface area contributed by atoms with Crippen LogP contribution >= 0.6 is 0 Å². The number of ether oxygens (including phenoxy) is 3. The van der Waals surface area contributed by atoms with Crippen molar-refractivity contribution in [3.8, 4) is 0 Å². The van der Waals surface area contributed by atoms with Crippen molar-refractivity contribution in [2.24, 2.45) is 0 Å². The van der Waals surface area contributed by atoms with Crippen molar-refractivity contribution in [3.63, 3.8) is 0 Å². The van der Waals surface area contributed by atoms with E-state index in [9.17, 15) is 4.79 Å². The number of aromatic nitrogens is 3. The molecule has 0 aromatic carbocycles. The van der Waals surface area contributed by atoms with Crippen LogP contribution in [0.1, 0.15) is 22.3 Å². The molecule has 0 spiro atoms. The number of methoxy groups -OCH3 is 3. The minimum absolute atomic E-state index is 0.112. The minimum Gasteiger partial charge on any atom is -0.464 e. The summed E-state index contributed by atoms with van der Waals surface area (Å²) in [6, 6.07) is 0. The van der Waals surface area contributed by atoms with Gasteiger partial charge in [0.1, 0.15) is 11.8 Å². The summed E-state index contributed by atoms with van der Waals surface area (Å²) < 4.78 is 14.6. The first-order chi connectivity index (χ1) is 7.24. The topological polar surface area (TPSA) is 86.3 Å². The first-order valence-corrected chi connectivity index (χ1v) is 4.25. The lowest BCUT2D eigenvalue weighted by Crippen LogP contribution is -2.14. The van der Waals surface area contributed by atoms with Gasteiger partial charge in [0.05, 0.1) is 13.7 Å². The third-order valence-electron chi connectivity index (χ3n) is 1.86. The molecule has 1 atom stereocenters. The highest BCUT2D eigenvalue weighted by Crippen LogP contribution is 2.17. The van der Waals surface area contributed by atoms with Gasteiger partial charge in [0.15, 0.2) is 5.69 Å². The van der Waals surface area contributed by atoms with Crippen LogP contribution in [0.5, 0.6) is 0 Å². The molecule has 1 aromatic heterocycles. The normalized spacial score (nSPS) is 12.5. The van der Waals surface area contributed by atoms with Crippen molar-refractivity contribution in [2.75, 3.05) is 27.9 Å². The lowest BCUT2D eigenvalue weighted by atomic mass is 10.2. The zero-order chi connectivity index (χ0) is 11.3. The summed E-state index contributed by atoms with van der Waals surface area (Å²) in [6.45, 7) is 0.285. The van der Waals surface area contributed by atoms with E-state index in [0.717, 1.165) is 0 Å². The van der Waals surface area contributed by atoms with Gasteiger partial charge in [-0.3, -0.25) is 0 Å². The maximum atomic E-state index is 11.3. The van der Waals surface area contributed by atoms with E-state index < -0.39 is 12.1 Å². The average molecular weight is 215 g/mol. The summed E-state index contributed by atoms with van der Waals surface area (Å²) in [5, 5.41) is 9.88. The lowest BCUT2D eigenvalue weighted by Gasteiger charge is -2.11. The van der Waals surface area contributed by atoms with Crippen LogP contribution in [0.3, 0.4) is 0 Å². The largest absolute Gasteiger partial charge is 0.464 e. The lowest BCUT2D eigenvalue weighted by molar-refractivity contribution is 0.0233. The first kappa shape index (κ1) is 11.6. The number of aromatic amines is 1. The molecule has 1 N–H and O–H groups in total. The Morgan fingerprint density at radius 3 is 2.67 bits per heavy atom. The monoisotopic (exact) mass is 215 g/mol. The molecule has 1 aromatic rings. The molecular weight excluding hydrogens is 202 g/mol. The molecule has 0 aliphatic carbocycles. The van der Waals surface area contributed by atoms with Gasteiger partial charge in [-0.2, -0.15) is 10.3 Å². The van der Waals surface area contributed by atoms with Crippen molar-refractivity contribution >= 4 is 5.97 Å². The Labute approximate surface area is 86.7 Å². The van der Waals surface area contributed by atoms with Crippen LogP contribution in [0.2, 0.25) is 0 Å². The smallest absolute Gasteiger partial charge is 0.360 e. The van der Waals surface area contributed by atoms with Gasteiger partial charge in [0.25, 0.3) is 0 Å². The molecule has 7 nitrogen and oxygen atoms in total. The number of H-pyrrole nitrogens is 1. The second-order valence-electron chi connectivity index (χ2n) is 2.73. The van der Waals surface area contributed by atoms with Gasteiger partial charge >= 0.3 is 5.97 Å². The van der Waals surface area contributed by atoms with Crippen molar-refractivity contribution in [1.82, 2.24) is 15.4 Å². The van der Waals surface area contributed by atoms with Gasteiger partial charge in [-0.1, -0.05) is 0 Å². The summed E-state index contributed by atoms with van der Waals surface area (Å²) in [7, 11) is 4.31. The molecule has 0 aliphatic heterocycles. The molecule has 1 heterocycles. The first-order valence-electron chi connectivity index (χ1n) is 4.25. The van der Waals surface area contributed by atoms with Crippen LogP contribution in [0, 0.1) is 0 Å². The fourth-order valence-corrected chi connectivity index (χ4v) is 1.12. The Morgan fingerprint density at radius 1 is 1.40 bits per heavy atom. The zero-order valence-corrected chi connectivity index (χ0v) is 8.81. The number of carbonyl (C=O) groups excluding carboxylic acids is 1. The summed E-state index contributed by atoms with van der Waals surface area (Å²) in [6.07, 6.45) is -0.442. The molecule has 0 aliphatic rings. The molecule has 15 heavy (non-hydrogen) atoms. The van der Waals surface area contributed by atoms with Gasteiger partial charge in [-0.25, -0.2) is 4.79 Å².